The average molecular weight is 348 g/mol. The molecule has 0 spiro atoms. The number of aliphatic hydroxyl groups is 1. The van der Waals surface area contributed by atoms with Gasteiger partial charge >= 0.3 is 0 Å². The molecule has 3 rings (SSSR count). The third-order valence-electron chi connectivity index (χ3n) is 4.19. The number of hydrogen-bond donors (Lipinski definition) is 1. The van der Waals surface area contributed by atoms with E-state index in [0.717, 1.165) is 30.1 Å². The molecule has 23 heavy (non-hydrogen) atoms. The molecular formula is C19H19Cl2NO. The van der Waals surface area contributed by atoms with Crippen molar-refractivity contribution in [1.29, 1.82) is 0 Å². The molecule has 0 aliphatic carbocycles. The maximum Gasteiger partial charge on any atom is 0.0917 e. The number of nitrogens with zero attached hydrogens (tertiary/aromatic N) is 1. The van der Waals surface area contributed by atoms with Crippen LogP contribution < -0.4 is 0 Å². The standard InChI is InChI=1S/C19H19Cl2NO/c20-17-5-1-14(2-6-17)15-9-11-22(12-10-15)13-19(23)16-3-7-18(21)8-4-16/h1-9,19,23H,10-13H2. The lowest BCUT2D eigenvalue weighted by Crippen LogP contribution is -2.32. The second-order valence-corrected chi connectivity index (χ2v) is 6.69. The van der Waals surface area contributed by atoms with Crippen molar-refractivity contribution in [2.75, 3.05) is 19.6 Å². The van der Waals surface area contributed by atoms with E-state index in [4.69, 9.17) is 23.2 Å². The lowest BCUT2D eigenvalue weighted by atomic mass is 9.99. The van der Waals surface area contributed by atoms with E-state index in [1.165, 1.54) is 11.1 Å². The Morgan fingerprint density at radius 3 is 2.13 bits per heavy atom. The Hall–Kier alpha value is -1.32. The summed E-state index contributed by atoms with van der Waals surface area (Å²) in [5.41, 5.74) is 3.48. The van der Waals surface area contributed by atoms with Crippen molar-refractivity contribution in [2.24, 2.45) is 0 Å². The number of hydrogen-bond acceptors (Lipinski definition) is 2. The fraction of sp³-hybridized carbons (Fsp3) is 0.263. The zero-order chi connectivity index (χ0) is 16.2. The Bertz CT molecular complexity index is 680. The Kier molecular flexibility index (Phi) is 5.39. The Labute approximate surface area is 147 Å². The van der Waals surface area contributed by atoms with Crippen molar-refractivity contribution in [2.45, 2.75) is 12.5 Å². The fourth-order valence-corrected chi connectivity index (χ4v) is 3.09. The summed E-state index contributed by atoms with van der Waals surface area (Å²) >= 11 is 11.8. The third kappa shape index (κ3) is 4.36. The Morgan fingerprint density at radius 2 is 1.57 bits per heavy atom. The lowest BCUT2D eigenvalue weighted by molar-refractivity contribution is 0.119. The monoisotopic (exact) mass is 347 g/mol. The minimum Gasteiger partial charge on any atom is -0.387 e. The van der Waals surface area contributed by atoms with Gasteiger partial charge in [-0.25, -0.2) is 0 Å². The topological polar surface area (TPSA) is 23.5 Å². The van der Waals surface area contributed by atoms with Crippen LogP contribution in [0.15, 0.2) is 54.6 Å². The molecule has 0 saturated carbocycles. The first-order valence-corrected chi connectivity index (χ1v) is 8.48. The smallest absolute Gasteiger partial charge is 0.0917 e. The number of benzene rings is 2. The molecule has 0 saturated heterocycles. The highest BCUT2D eigenvalue weighted by molar-refractivity contribution is 6.30. The molecule has 0 fully saturated rings. The second kappa shape index (κ2) is 7.50. The summed E-state index contributed by atoms with van der Waals surface area (Å²) in [6, 6.07) is 15.4. The molecule has 1 heterocycles. The Morgan fingerprint density at radius 1 is 0.957 bits per heavy atom. The molecule has 0 aromatic heterocycles. The molecular weight excluding hydrogens is 329 g/mol. The molecule has 1 aliphatic rings. The van der Waals surface area contributed by atoms with Crippen LogP contribution in [0.3, 0.4) is 0 Å². The van der Waals surface area contributed by atoms with Gasteiger partial charge in [0.1, 0.15) is 0 Å². The van der Waals surface area contributed by atoms with Gasteiger partial charge in [-0.2, -0.15) is 0 Å². The van der Waals surface area contributed by atoms with Gasteiger partial charge in [-0.05, 0) is 47.4 Å². The van der Waals surface area contributed by atoms with E-state index in [2.05, 4.69) is 23.1 Å². The van der Waals surface area contributed by atoms with E-state index < -0.39 is 6.10 Å². The van der Waals surface area contributed by atoms with Crippen LogP contribution in [0.1, 0.15) is 23.7 Å². The first-order valence-electron chi connectivity index (χ1n) is 7.72. The Balaban J connectivity index is 1.60. The molecule has 0 bridgehead atoms. The van der Waals surface area contributed by atoms with E-state index in [1.807, 2.05) is 36.4 Å². The van der Waals surface area contributed by atoms with Crippen LogP contribution in [0, 0.1) is 0 Å². The van der Waals surface area contributed by atoms with Gasteiger partial charge in [-0.3, -0.25) is 4.90 Å². The van der Waals surface area contributed by atoms with Crippen LogP contribution in [0.25, 0.3) is 5.57 Å². The number of aliphatic hydroxyl groups excluding tert-OH is 1. The van der Waals surface area contributed by atoms with Crippen LogP contribution in [-0.4, -0.2) is 29.6 Å². The normalized spacial score (nSPS) is 16.9. The lowest BCUT2D eigenvalue weighted by Gasteiger charge is -2.28. The van der Waals surface area contributed by atoms with Gasteiger partial charge < -0.3 is 5.11 Å². The van der Waals surface area contributed by atoms with E-state index >= 15 is 0 Å². The summed E-state index contributed by atoms with van der Waals surface area (Å²) in [6.45, 7) is 2.42. The molecule has 1 N–H and O–H groups in total. The fourth-order valence-electron chi connectivity index (χ4n) is 2.84. The molecule has 2 nitrogen and oxygen atoms in total. The van der Waals surface area contributed by atoms with Crippen LogP contribution in [0.4, 0.5) is 0 Å². The summed E-state index contributed by atoms with van der Waals surface area (Å²) in [6.07, 6.45) is 2.73. The van der Waals surface area contributed by atoms with E-state index in [0.29, 0.717) is 11.6 Å². The van der Waals surface area contributed by atoms with Crippen LogP contribution in [-0.2, 0) is 0 Å². The summed E-state index contributed by atoms with van der Waals surface area (Å²) in [5.74, 6) is 0. The second-order valence-electron chi connectivity index (χ2n) is 5.81. The van der Waals surface area contributed by atoms with Gasteiger partial charge in [0.05, 0.1) is 6.10 Å². The first kappa shape index (κ1) is 16.5. The highest BCUT2D eigenvalue weighted by Gasteiger charge is 2.17. The van der Waals surface area contributed by atoms with Crippen molar-refractivity contribution in [3.8, 4) is 0 Å². The van der Waals surface area contributed by atoms with Crippen LogP contribution in [0.5, 0.6) is 0 Å². The highest BCUT2D eigenvalue weighted by Crippen LogP contribution is 2.25. The molecule has 120 valence electrons. The van der Waals surface area contributed by atoms with Gasteiger partial charge in [0.25, 0.3) is 0 Å². The average Bonchev–Trinajstić information content (AvgIpc) is 2.57. The predicted octanol–water partition coefficient (Wildman–Crippen LogP) is 4.82. The quantitative estimate of drug-likeness (QED) is 0.857. The van der Waals surface area contributed by atoms with Crippen LogP contribution in [0.2, 0.25) is 10.0 Å². The van der Waals surface area contributed by atoms with Crippen molar-refractivity contribution < 1.29 is 5.11 Å². The van der Waals surface area contributed by atoms with Crippen molar-refractivity contribution in [3.05, 3.63) is 75.8 Å². The first-order chi connectivity index (χ1) is 11.1. The zero-order valence-corrected chi connectivity index (χ0v) is 14.3. The molecule has 2 aromatic carbocycles. The molecule has 1 atom stereocenters. The van der Waals surface area contributed by atoms with Gasteiger partial charge in [-0.15, -0.1) is 0 Å². The zero-order valence-electron chi connectivity index (χ0n) is 12.8. The van der Waals surface area contributed by atoms with E-state index in [-0.39, 0.29) is 0 Å². The molecule has 2 aromatic rings. The summed E-state index contributed by atoms with van der Waals surface area (Å²) < 4.78 is 0. The van der Waals surface area contributed by atoms with Crippen molar-refractivity contribution >= 4 is 28.8 Å². The molecule has 4 heteroatoms. The van der Waals surface area contributed by atoms with Crippen molar-refractivity contribution in [3.63, 3.8) is 0 Å². The molecule has 1 unspecified atom stereocenters. The van der Waals surface area contributed by atoms with Gasteiger partial charge in [0, 0.05) is 29.7 Å². The third-order valence-corrected chi connectivity index (χ3v) is 4.70. The minimum absolute atomic E-state index is 0.488. The SMILES string of the molecule is OC(CN1CC=C(c2ccc(Cl)cc2)CC1)c1ccc(Cl)cc1. The number of β-amino-alcohol motifs (C(OH)–C–C–N with tert-alkyl or cyclic N) is 1. The van der Waals surface area contributed by atoms with Gasteiger partial charge in [-0.1, -0.05) is 53.5 Å². The number of rotatable bonds is 4. The van der Waals surface area contributed by atoms with Crippen molar-refractivity contribution in [1.82, 2.24) is 4.90 Å². The van der Waals surface area contributed by atoms with Crippen LogP contribution >= 0.6 is 23.2 Å². The molecule has 0 amide bonds. The summed E-state index contributed by atoms with van der Waals surface area (Å²) in [4.78, 5) is 2.26. The minimum atomic E-state index is -0.488. The maximum absolute atomic E-state index is 10.4. The predicted molar refractivity (Wildman–Crippen MR) is 96.9 cm³/mol. The summed E-state index contributed by atoms with van der Waals surface area (Å²) in [7, 11) is 0. The van der Waals surface area contributed by atoms with E-state index in [1.54, 1.807) is 0 Å². The molecule has 0 radical (unpaired) electrons. The molecule has 1 aliphatic heterocycles. The largest absolute Gasteiger partial charge is 0.387 e. The van der Waals surface area contributed by atoms with E-state index in [9.17, 15) is 5.11 Å². The van der Waals surface area contributed by atoms with Gasteiger partial charge in [0.15, 0.2) is 0 Å². The maximum atomic E-state index is 10.4. The number of halogens is 2. The van der Waals surface area contributed by atoms with Gasteiger partial charge in [0.2, 0.25) is 0 Å². The highest BCUT2D eigenvalue weighted by atomic mass is 35.5. The summed E-state index contributed by atoms with van der Waals surface area (Å²) in [5, 5.41) is 11.8.